The van der Waals surface area contributed by atoms with Gasteiger partial charge in [0.25, 0.3) is 5.91 Å². The first kappa shape index (κ1) is 20.8. The number of ether oxygens (including phenoxy) is 2. The van der Waals surface area contributed by atoms with Crippen LogP contribution in [0.1, 0.15) is 48.4 Å². The summed E-state index contributed by atoms with van der Waals surface area (Å²) in [5, 5.41) is 3.00. The summed E-state index contributed by atoms with van der Waals surface area (Å²) in [6.45, 7) is 0.992. The summed E-state index contributed by atoms with van der Waals surface area (Å²) in [7, 11) is 3.28. The molecule has 2 aromatic carbocycles. The van der Waals surface area contributed by atoms with Crippen LogP contribution in [0.3, 0.4) is 0 Å². The molecule has 1 saturated heterocycles. The smallest absolute Gasteiger partial charge is 0.326 e. The van der Waals surface area contributed by atoms with E-state index in [1.165, 1.54) is 10.5 Å². The lowest BCUT2D eigenvalue weighted by atomic mass is 9.88. The van der Waals surface area contributed by atoms with Crippen molar-refractivity contribution in [3.05, 3.63) is 59.2 Å². The number of urea groups is 1. The minimum atomic E-state index is -0.691. The second-order valence-electron chi connectivity index (χ2n) is 8.88. The Bertz CT molecular complexity index is 1030. The topological polar surface area (TPSA) is 71.1 Å². The zero-order valence-corrected chi connectivity index (χ0v) is 18.6. The third-order valence-electron chi connectivity index (χ3n) is 7.11. The second kappa shape index (κ2) is 8.13. The van der Waals surface area contributed by atoms with Gasteiger partial charge in [0.15, 0.2) is 11.5 Å². The van der Waals surface area contributed by atoms with Crippen LogP contribution in [-0.2, 0) is 11.2 Å². The van der Waals surface area contributed by atoms with Crippen LogP contribution in [0.5, 0.6) is 11.5 Å². The van der Waals surface area contributed by atoms with E-state index in [-0.39, 0.29) is 24.6 Å². The molecule has 0 unspecified atom stereocenters. The number of benzene rings is 2. The van der Waals surface area contributed by atoms with Gasteiger partial charge in [0.05, 0.1) is 26.9 Å². The van der Waals surface area contributed by atoms with Crippen LogP contribution < -0.4 is 14.8 Å². The Hall–Kier alpha value is -3.06. The Balaban J connectivity index is 1.51. The van der Waals surface area contributed by atoms with Crippen LogP contribution in [0.25, 0.3) is 0 Å². The van der Waals surface area contributed by atoms with Crippen molar-refractivity contribution in [1.29, 1.82) is 0 Å². The van der Waals surface area contributed by atoms with E-state index in [2.05, 4.69) is 22.3 Å². The number of carbonyl (C=O) groups is 2. The molecule has 5 rings (SSSR count). The molecule has 168 valence electrons. The fourth-order valence-corrected chi connectivity index (χ4v) is 5.48. The number of amides is 3. The number of hydrogen-bond donors (Lipinski definition) is 1. The highest BCUT2D eigenvalue weighted by atomic mass is 16.5. The highest BCUT2D eigenvalue weighted by Gasteiger charge is 2.53. The predicted molar refractivity (Wildman–Crippen MR) is 120 cm³/mol. The molecule has 1 aliphatic carbocycles. The Morgan fingerprint density at radius 2 is 1.72 bits per heavy atom. The zero-order chi connectivity index (χ0) is 22.3. The molecule has 1 atom stereocenters. The summed E-state index contributed by atoms with van der Waals surface area (Å²) in [5.74, 6) is 1.31. The van der Waals surface area contributed by atoms with Crippen molar-refractivity contribution in [3.63, 3.8) is 0 Å². The highest BCUT2D eigenvalue weighted by Crippen LogP contribution is 2.42. The minimum Gasteiger partial charge on any atom is -0.493 e. The van der Waals surface area contributed by atoms with Crippen molar-refractivity contribution < 1.29 is 19.1 Å². The normalized spacial score (nSPS) is 22.2. The molecule has 0 bridgehead atoms. The molecule has 2 aromatic rings. The Morgan fingerprint density at radius 1 is 1.03 bits per heavy atom. The maximum atomic E-state index is 13.3. The number of nitrogens with zero attached hydrogens (tertiary/aromatic N) is 2. The molecule has 3 aliphatic rings. The molecule has 0 aromatic heterocycles. The van der Waals surface area contributed by atoms with Crippen LogP contribution in [0.4, 0.5) is 4.79 Å². The van der Waals surface area contributed by atoms with Crippen LogP contribution >= 0.6 is 0 Å². The molecule has 1 N–H and O–H groups in total. The van der Waals surface area contributed by atoms with Gasteiger partial charge in [0.2, 0.25) is 0 Å². The average molecular weight is 436 g/mol. The van der Waals surface area contributed by atoms with Gasteiger partial charge in [-0.1, -0.05) is 43.2 Å². The fourth-order valence-electron chi connectivity index (χ4n) is 5.48. The lowest BCUT2D eigenvalue weighted by molar-refractivity contribution is -0.132. The van der Waals surface area contributed by atoms with Gasteiger partial charge in [-0.15, -0.1) is 0 Å². The third-order valence-corrected chi connectivity index (χ3v) is 7.11. The number of fused-ring (bicyclic) bond motifs is 1. The summed E-state index contributed by atoms with van der Waals surface area (Å²) in [6, 6.07) is 13.9. The van der Waals surface area contributed by atoms with Crippen molar-refractivity contribution in [3.8, 4) is 11.5 Å². The summed E-state index contributed by atoms with van der Waals surface area (Å²) in [6.07, 6.45) is 4.22. The first-order valence-electron chi connectivity index (χ1n) is 11.2. The van der Waals surface area contributed by atoms with Crippen molar-refractivity contribution in [2.75, 3.05) is 27.4 Å². The SMILES string of the molecule is COc1cc2c(cc1OC)[C@H](c1ccccc1)N(CN1C(=O)NC3(CCCC3)C1=O)CC2. The Kier molecular flexibility index (Phi) is 5.29. The number of methoxy groups -OCH3 is 2. The molecule has 1 spiro atoms. The van der Waals surface area contributed by atoms with E-state index in [1.54, 1.807) is 14.2 Å². The van der Waals surface area contributed by atoms with Gasteiger partial charge in [0, 0.05) is 6.54 Å². The van der Waals surface area contributed by atoms with Crippen LogP contribution in [-0.4, -0.2) is 54.7 Å². The van der Waals surface area contributed by atoms with E-state index in [4.69, 9.17) is 9.47 Å². The van der Waals surface area contributed by atoms with E-state index < -0.39 is 5.54 Å². The summed E-state index contributed by atoms with van der Waals surface area (Å²) in [4.78, 5) is 29.7. The molecule has 32 heavy (non-hydrogen) atoms. The maximum absolute atomic E-state index is 13.3. The first-order valence-corrected chi connectivity index (χ1v) is 11.2. The summed E-state index contributed by atoms with van der Waals surface area (Å²) >= 11 is 0. The molecule has 3 amide bonds. The highest BCUT2D eigenvalue weighted by molar-refractivity contribution is 6.07. The molecule has 7 nitrogen and oxygen atoms in total. The molecule has 7 heteroatoms. The summed E-state index contributed by atoms with van der Waals surface area (Å²) < 4.78 is 11.1. The van der Waals surface area contributed by atoms with E-state index in [0.717, 1.165) is 49.8 Å². The zero-order valence-electron chi connectivity index (χ0n) is 18.6. The maximum Gasteiger partial charge on any atom is 0.326 e. The molecule has 0 radical (unpaired) electrons. The number of carbonyl (C=O) groups excluding carboxylic acids is 2. The van der Waals surface area contributed by atoms with Crippen molar-refractivity contribution in [2.24, 2.45) is 0 Å². The number of rotatable bonds is 5. The van der Waals surface area contributed by atoms with Gasteiger partial charge in [-0.3, -0.25) is 9.69 Å². The molecule has 2 fully saturated rings. The number of nitrogens with one attached hydrogen (secondary N) is 1. The van der Waals surface area contributed by atoms with Gasteiger partial charge >= 0.3 is 6.03 Å². The van der Waals surface area contributed by atoms with Crippen molar-refractivity contribution in [1.82, 2.24) is 15.1 Å². The Morgan fingerprint density at radius 3 is 2.41 bits per heavy atom. The van der Waals surface area contributed by atoms with E-state index in [1.807, 2.05) is 30.3 Å². The monoisotopic (exact) mass is 435 g/mol. The fraction of sp³-hybridized carbons (Fsp3) is 0.440. The molecule has 1 saturated carbocycles. The molecular weight excluding hydrogens is 406 g/mol. The standard InChI is InChI=1S/C25H29N3O4/c1-31-20-14-18-10-13-27(16-28-23(29)25(26-24(28)30)11-6-7-12-25)22(17-8-4-3-5-9-17)19(18)15-21(20)32-2/h3-5,8-9,14-15,22H,6-7,10-13,16H2,1-2H3,(H,26,30)/t22-/m0/s1. The van der Waals surface area contributed by atoms with E-state index >= 15 is 0 Å². The third kappa shape index (κ3) is 3.32. The molecular formula is C25H29N3O4. The second-order valence-corrected chi connectivity index (χ2v) is 8.88. The largest absolute Gasteiger partial charge is 0.493 e. The molecule has 2 aliphatic heterocycles. The Labute approximate surface area is 188 Å². The van der Waals surface area contributed by atoms with Crippen molar-refractivity contribution >= 4 is 11.9 Å². The van der Waals surface area contributed by atoms with Gasteiger partial charge in [-0.2, -0.15) is 0 Å². The average Bonchev–Trinajstić information content (AvgIpc) is 3.38. The lowest BCUT2D eigenvalue weighted by Crippen LogP contribution is -2.48. The number of imide groups is 1. The van der Waals surface area contributed by atoms with E-state index in [0.29, 0.717) is 11.5 Å². The quantitative estimate of drug-likeness (QED) is 0.729. The van der Waals surface area contributed by atoms with Crippen LogP contribution in [0.15, 0.2) is 42.5 Å². The van der Waals surface area contributed by atoms with E-state index in [9.17, 15) is 9.59 Å². The van der Waals surface area contributed by atoms with Gasteiger partial charge in [0.1, 0.15) is 5.54 Å². The van der Waals surface area contributed by atoms with Crippen LogP contribution in [0, 0.1) is 0 Å². The number of hydrogen-bond acceptors (Lipinski definition) is 5. The minimum absolute atomic E-state index is 0.0788. The first-order chi connectivity index (χ1) is 15.6. The van der Waals surface area contributed by atoms with Gasteiger partial charge < -0.3 is 14.8 Å². The molecule has 2 heterocycles. The lowest BCUT2D eigenvalue weighted by Gasteiger charge is -2.39. The summed E-state index contributed by atoms with van der Waals surface area (Å²) in [5.41, 5.74) is 2.73. The van der Waals surface area contributed by atoms with Gasteiger partial charge in [-0.05, 0) is 48.1 Å². The van der Waals surface area contributed by atoms with Crippen LogP contribution in [0.2, 0.25) is 0 Å². The van der Waals surface area contributed by atoms with Gasteiger partial charge in [-0.25, -0.2) is 9.69 Å². The predicted octanol–water partition coefficient (Wildman–Crippen LogP) is 3.47. The van der Waals surface area contributed by atoms with Crippen molar-refractivity contribution in [2.45, 2.75) is 43.7 Å².